The summed E-state index contributed by atoms with van der Waals surface area (Å²) >= 11 is 0. The lowest BCUT2D eigenvalue weighted by Crippen LogP contribution is -2.41. The standard InChI is InChI=1S/C20H19F4N3O3/c1-27-17(28)20(26-19(27)25,12-3-6-14(7-4-12)30-18(23)24)13-5-8-15(22)16(11-13)29-10-2-9-21/h3-8,11,18H,2,9-10H2,1H3,(H2,25,26)/t20-/m0/s1. The number of carbonyl (C=O) groups is 1. The SMILES string of the molecule is CN1C(=O)[C@](c2ccc(OC(F)F)cc2)(c2ccc(F)c(OCCCF)c2)N=C1N. The summed E-state index contributed by atoms with van der Waals surface area (Å²) in [6, 6.07) is 9.09. The Morgan fingerprint density at radius 3 is 2.40 bits per heavy atom. The molecule has 1 atom stereocenters. The lowest BCUT2D eigenvalue weighted by molar-refractivity contribution is -0.129. The quantitative estimate of drug-likeness (QED) is 0.521. The third-order valence-electron chi connectivity index (χ3n) is 4.62. The van der Waals surface area contributed by atoms with E-state index in [-0.39, 0.29) is 36.0 Å². The normalized spacial score (nSPS) is 18.7. The zero-order chi connectivity index (χ0) is 21.9. The van der Waals surface area contributed by atoms with Gasteiger partial charge >= 0.3 is 6.61 Å². The molecule has 1 amide bonds. The first-order chi connectivity index (χ1) is 14.3. The molecule has 2 N–H and O–H groups in total. The number of likely N-dealkylation sites (N-methyl/N-ethyl adjacent to an activating group) is 1. The second kappa shape index (κ2) is 8.60. The fraction of sp³-hybridized carbons (Fsp3) is 0.300. The molecule has 0 aliphatic carbocycles. The third kappa shape index (κ3) is 3.89. The topological polar surface area (TPSA) is 77.2 Å². The van der Waals surface area contributed by atoms with E-state index in [1.807, 2.05) is 0 Å². The molecule has 0 spiro atoms. The molecule has 0 bridgehead atoms. The van der Waals surface area contributed by atoms with Crippen molar-refractivity contribution in [2.24, 2.45) is 10.7 Å². The molecule has 2 aromatic rings. The van der Waals surface area contributed by atoms with Gasteiger partial charge in [-0.2, -0.15) is 8.78 Å². The van der Waals surface area contributed by atoms with Gasteiger partial charge in [0.1, 0.15) is 5.75 Å². The average Bonchev–Trinajstić information content (AvgIpc) is 2.94. The molecule has 0 aromatic heterocycles. The van der Waals surface area contributed by atoms with Crippen molar-refractivity contribution in [3.05, 3.63) is 59.4 Å². The van der Waals surface area contributed by atoms with E-state index < -0.39 is 30.5 Å². The lowest BCUT2D eigenvalue weighted by atomic mass is 9.82. The van der Waals surface area contributed by atoms with Gasteiger partial charge in [-0.05, 0) is 35.4 Å². The van der Waals surface area contributed by atoms with Gasteiger partial charge in [0, 0.05) is 13.5 Å². The molecule has 1 heterocycles. The molecule has 30 heavy (non-hydrogen) atoms. The van der Waals surface area contributed by atoms with Gasteiger partial charge in [-0.3, -0.25) is 14.1 Å². The Kier molecular flexibility index (Phi) is 6.14. The highest BCUT2D eigenvalue weighted by molar-refractivity contribution is 6.08. The number of aliphatic imine (C=N–C) groups is 1. The number of alkyl halides is 3. The molecule has 0 saturated heterocycles. The van der Waals surface area contributed by atoms with Gasteiger partial charge in [-0.15, -0.1) is 0 Å². The van der Waals surface area contributed by atoms with Crippen molar-refractivity contribution in [2.75, 3.05) is 20.3 Å². The summed E-state index contributed by atoms with van der Waals surface area (Å²) in [4.78, 5) is 18.6. The second-order valence-electron chi connectivity index (χ2n) is 6.48. The fourth-order valence-corrected chi connectivity index (χ4v) is 3.14. The van der Waals surface area contributed by atoms with Crippen LogP contribution in [0.15, 0.2) is 47.5 Å². The minimum Gasteiger partial charge on any atom is -0.490 e. The minimum absolute atomic E-state index is 0.0528. The van der Waals surface area contributed by atoms with Crippen LogP contribution in [0.25, 0.3) is 0 Å². The molecule has 0 saturated carbocycles. The smallest absolute Gasteiger partial charge is 0.387 e. The van der Waals surface area contributed by atoms with Crippen molar-refractivity contribution in [1.29, 1.82) is 0 Å². The fourth-order valence-electron chi connectivity index (χ4n) is 3.14. The van der Waals surface area contributed by atoms with Crippen molar-refractivity contribution in [3.63, 3.8) is 0 Å². The Balaban J connectivity index is 2.09. The highest BCUT2D eigenvalue weighted by atomic mass is 19.3. The monoisotopic (exact) mass is 425 g/mol. The molecule has 0 radical (unpaired) electrons. The van der Waals surface area contributed by atoms with Gasteiger partial charge in [-0.1, -0.05) is 18.2 Å². The molecule has 10 heteroatoms. The van der Waals surface area contributed by atoms with E-state index >= 15 is 0 Å². The average molecular weight is 425 g/mol. The van der Waals surface area contributed by atoms with E-state index in [9.17, 15) is 22.4 Å². The van der Waals surface area contributed by atoms with E-state index in [0.29, 0.717) is 5.56 Å². The number of halogens is 4. The number of nitrogens with two attached hydrogens (primary N) is 1. The molecule has 1 aliphatic rings. The molecule has 0 unspecified atom stereocenters. The van der Waals surface area contributed by atoms with E-state index in [0.717, 1.165) is 11.0 Å². The summed E-state index contributed by atoms with van der Waals surface area (Å²) in [6.45, 7) is -3.68. The van der Waals surface area contributed by atoms with Gasteiger partial charge in [-0.25, -0.2) is 9.38 Å². The third-order valence-corrected chi connectivity index (χ3v) is 4.62. The van der Waals surface area contributed by atoms with E-state index in [4.69, 9.17) is 10.5 Å². The summed E-state index contributed by atoms with van der Waals surface area (Å²) in [5, 5.41) is 0. The van der Waals surface area contributed by atoms with E-state index in [2.05, 4.69) is 9.73 Å². The predicted octanol–water partition coefficient (Wildman–Crippen LogP) is 3.20. The van der Waals surface area contributed by atoms with Crippen LogP contribution in [-0.2, 0) is 10.3 Å². The molecule has 1 aliphatic heterocycles. The van der Waals surface area contributed by atoms with Crippen LogP contribution in [0.4, 0.5) is 17.6 Å². The summed E-state index contributed by atoms with van der Waals surface area (Å²) in [6.07, 6.45) is 0.0766. The summed E-state index contributed by atoms with van der Waals surface area (Å²) in [5.74, 6) is -1.56. The first kappa shape index (κ1) is 21.4. The lowest BCUT2D eigenvalue weighted by Gasteiger charge is -2.26. The van der Waals surface area contributed by atoms with Crippen molar-refractivity contribution >= 4 is 11.9 Å². The van der Waals surface area contributed by atoms with Crippen LogP contribution in [0.3, 0.4) is 0 Å². The first-order valence-corrected chi connectivity index (χ1v) is 8.97. The first-order valence-electron chi connectivity index (χ1n) is 8.97. The highest BCUT2D eigenvalue weighted by Crippen LogP contribution is 2.41. The second-order valence-corrected chi connectivity index (χ2v) is 6.48. The van der Waals surface area contributed by atoms with Crippen molar-refractivity contribution in [2.45, 2.75) is 18.6 Å². The van der Waals surface area contributed by atoms with Gasteiger partial charge in [0.15, 0.2) is 23.1 Å². The van der Waals surface area contributed by atoms with E-state index in [1.165, 1.54) is 43.4 Å². The molecule has 2 aromatic carbocycles. The maximum absolute atomic E-state index is 14.2. The molecule has 3 rings (SSSR count). The Morgan fingerprint density at radius 2 is 1.83 bits per heavy atom. The number of hydrogen-bond acceptors (Lipinski definition) is 5. The predicted molar refractivity (Wildman–Crippen MR) is 101 cm³/mol. The van der Waals surface area contributed by atoms with Gasteiger partial charge in [0.2, 0.25) is 0 Å². The zero-order valence-corrected chi connectivity index (χ0v) is 15.9. The van der Waals surface area contributed by atoms with Crippen LogP contribution >= 0.6 is 0 Å². The van der Waals surface area contributed by atoms with Gasteiger partial charge < -0.3 is 15.2 Å². The van der Waals surface area contributed by atoms with Crippen LogP contribution in [-0.4, -0.2) is 43.7 Å². The number of carbonyl (C=O) groups excluding carboxylic acids is 1. The van der Waals surface area contributed by atoms with Crippen molar-refractivity contribution in [3.8, 4) is 11.5 Å². The summed E-state index contributed by atoms with van der Waals surface area (Å²) in [7, 11) is 1.43. The summed E-state index contributed by atoms with van der Waals surface area (Å²) < 4.78 is 61.0. The zero-order valence-electron chi connectivity index (χ0n) is 15.9. The summed E-state index contributed by atoms with van der Waals surface area (Å²) in [5.41, 5.74) is 4.75. The molecule has 6 nitrogen and oxygen atoms in total. The molecular weight excluding hydrogens is 406 g/mol. The Morgan fingerprint density at radius 1 is 1.17 bits per heavy atom. The van der Waals surface area contributed by atoms with Crippen LogP contribution in [0, 0.1) is 5.82 Å². The molecular formula is C20H19F4N3O3. The Bertz CT molecular complexity index is 953. The maximum atomic E-state index is 14.2. The number of amides is 1. The number of rotatable bonds is 8. The van der Waals surface area contributed by atoms with E-state index in [1.54, 1.807) is 0 Å². The van der Waals surface area contributed by atoms with Crippen molar-refractivity contribution in [1.82, 2.24) is 4.90 Å². The number of benzene rings is 2. The Labute approximate surface area is 169 Å². The van der Waals surface area contributed by atoms with Crippen molar-refractivity contribution < 1.29 is 31.8 Å². The highest BCUT2D eigenvalue weighted by Gasteiger charge is 2.49. The molecule has 160 valence electrons. The number of hydrogen-bond donors (Lipinski definition) is 1. The number of ether oxygens (including phenoxy) is 2. The molecule has 0 fully saturated rings. The number of nitrogens with zero attached hydrogens (tertiary/aromatic N) is 2. The number of guanidine groups is 1. The van der Waals surface area contributed by atoms with Gasteiger partial charge in [0.05, 0.1) is 13.3 Å². The van der Waals surface area contributed by atoms with Crippen LogP contribution in [0.1, 0.15) is 17.5 Å². The largest absolute Gasteiger partial charge is 0.490 e. The maximum Gasteiger partial charge on any atom is 0.387 e. The van der Waals surface area contributed by atoms with Crippen LogP contribution in [0.5, 0.6) is 11.5 Å². The Hall–Kier alpha value is -3.30. The van der Waals surface area contributed by atoms with Crippen LogP contribution in [0.2, 0.25) is 0 Å². The minimum atomic E-state index is -3.00. The van der Waals surface area contributed by atoms with Gasteiger partial charge in [0.25, 0.3) is 5.91 Å². The van der Waals surface area contributed by atoms with Crippen LogP contribution < -0.4 is 15.2 Å².